The molecule has 5 heteroatoms. The fraction of sp³-hybridized carbons (Fsp3) is 0.421. The lowest BCUT2D eigenvalue weighted by Gasteiger charge is -2.15. The highest BCUT2D eigenvalue weighted by atomic mass is 16.5. The van der Waals surface area contributed by atoms with Crippen LogP contribution in [0.25, 0.3) is 0 Å². The molecule has 1 atom stereocenters. The molecule has 0 bridgehead atoms. The predicted molar refractivity (Wildman–Crippen MR) is 91.0 cm³/mol. The Balaban J connectivity index is 1.37. The van der Waals surface area contributed by atoms with Crippen LogP contribution in [0.2, 0.25) is 0 Å². The molecule has 1 aliphatic heterocycles. The van der Waals surface area contributed by atoms with Crippen molar-refractivity contribution < 1.29 is 14.3 Å². The Morgan fingerprint density at radius 3 is 2.92 bits per heavy atom. The first-order valence-electron chi connectivity index (χ1n) is 8.39. The smallest absolute Gasteiger partial charge is 0.226 e. The van der Waals surface area contributed by atoms with E-state index in [0.717, 1.165) is 45.2 Å². The molecule has 2 aromatic rings. The van der Waals surface area contributed by atoms with Gasteiger partial charge >= 0.3 is 0 Å². The van der Waals surface area contributed by atoms with Crippen LogP contribution in [0.3, 0.4) is 0 Å². The number of nitrogens with zero attached hydrogens (tertiary/aromatic N) is 1. The summed E-state index contributed by atoms with van der Waals surface area (Å²) in [5.74, 6) is 0.224. The molecule has 2 heterocycles. The molecular formula is C19H23NO4. The van der Waals surface area contributed by atoms with Gasteiger partial charge in [0.05, 0.1) is 12.6 Å². The average Bonchev–Trinajstić information content (AvgIpc) is 3.03. The molecule has 0 radical (unpaired) electrons. The molecule has 0 amide bonds. The van der Waals surface area contributed by atoms with Crippen LogP contribution in [-0.4, -0.2) is 35.8 Å². The molecule has 1 aromatic heterocycles. The van der Waals surface area contributed by atoms with Crippen LogP contribution in [0.4, 0.5) is 0 Å². The SMILES string of the molecule is O=c1cc(CN2CCC(OCCCc3ccccc3)C2)occ1O. The first kappa shape index (κ1) is 16.7. The quantitative estimate of drug-likeness (QED) is 0.791. The summed E-state index contributed by atoms with van der Waals surface area (Å²) in [6.07, 6.45) is 4.40. The van der Waals surface area contributed by atoms with Gasteiger partial charge in [0.25, 0.3) is 0 Å². The third-order valence-corrected chi connectivity index (χ3v) is 4.28. The minimum absolute atomic E-state index is 0.240. The third kappa shape index (κ3) is 4.69. The minimum atomic E-state index is -0.399. The molecule has 0 spiro atoms. The highest BCUT2D eigenvalue weighted by Gasteiger charge is 2.23. The number of aryl methyl sites for hydroxylation is 1. The van der Waals surface area contributed by atoms with Gasteiger partial charge < -0.3 is 14.3 Å². The van der Waals surface area contributed by atoms with Crippen molar-refractivity contribution in [3.63, 3.8) is 0 Å². The summed E-state index contributed by atoms with van der Waals surface area (Å²) in [7, 11) is 0. The standard InChI is InChI=1S/C19H23NO4/c21-18-11-17(24-14-19(18)22)13-20-9-8-16(12-20)23-10-4-7-15-5-2-1-3-6-15/h1-3,5-6,11,14,16,22H,4,7-10,12-13H2. The molecule has 24 heavy (non-hydrogen) atoms. The monoisotopic (exact) mass is 329 g/mol. The largest absolute Gasteiger partial charge is 0.502 e. The lowest BCUT2D eigenvalue weighted by atomic mass is 10.1. The Morgan fingerprint density at radius 2 is 2.12 bits per heavy atom. The van der Waals surface area contributed by atoms with Gasteiger partial charge in [-0.15, -0.1) is 0 Å². The zero-order chi connectivity index (χ0) is 16.8. The lowest BCUT2D eigenvalue weighted by Crippen LogP contribution is -2.23. The number of ether oxygens (including phenoxy) is 1. The van der Waals surface area contributed by atoms with Crippen molar-refractivity contribution in [1.29, 1.82) is 0 Å². The molecule has 1 saturated heterocycles. The molecular weight excluding hydrogens is 306 g/mol. The molecule has 3 rings (SSSR count). The maximum absolute atomic E-state index is 11.4. The second-order valence-electron chi connectivity index (χ2n) is 6.20. The van der Waals surface area contributed by atoms with Crippen molar-refractivity contribution in [3.8, 4) is 5.75 Å². The summed E-state index contributed by atoms with van der Waals surface area (Å²) in [6, 6.07) is 11.8. The van der Waals surface area contributed by atoms with E-state index in [1.165, 1.54) is 11.6 Å². The van der Waals surface area contributed by atoms with Crippen LogP contribution in [0.5, 0.6) is 5.75 Å². The Labute approximate surface area is 141 Å². The maximum atomic E-state index is 11.4. The van der Waals surface area contributed by atoms with E-state index >= 15 is 0 Å². The normalized spacial score (nSPS) is 18.1. The van der Waals surface area contributed by atoms with Gasteiger partial charge in [0.15, 0.2) is 5.75 Å². The van der Waals surface area contributed by atoms with E-state index in [-0.39, 0.29) is 11.9 Å². The Morgan fingerprint density at radius 1 is 1.29 bits per heavy atom. The first-order valence-corrected chi connectivity index (χ1v) is 8.39. The number of rotatable bonds is 7. The number of benzene rings is 1. The van der Waals surface area contributed by atoms with E-state index in [2.05, 4.69) is 29.2 Å². The van der Waals surface area contributed by atoms with Crippen LogP contribution >= 0.6 is 0 Å². The summed E-state index contributed by atoms with van der Waals surface area (Å²) >= 11 is 0. The zero-order valence-electron chi connectivity index (χ0n) is 13.7. The van der Waals surface area contributed by atoms with Gasteiger partial charge in [0.1, 0.15) is 12.0 Å². The molecule has 1 aromatic carbocycles. The molecule has 5 nitrogen and oxygen atoms in total. The number of aromatic hydroxyl groups is 1. The number of hydrogen-bond donors (Lipinski definition) is 1. The zero-order valence-corrected chi connectivity index (χ0v) is 13.7. The lowest BCUT2D eigenvalue weighted by molar-refractivity contribution is 0.0565. The maximum Gasteiger partial charge on any atom is 0.226 e. The fourth-order valence-electron chi connectivity index (χ4n) is 2.99. The highest BCUT2D eigenvalue weighted by molar-refractivity contribution is 5.15. The predicted octanol–water partition coefficient (Wildman–Crippen LogP) is 2.57. The van der Waals surface area contributed by atoms with Crippen molar-refractivity contribution in [2.24, 2.45) is 0 Å². The topological polar surface area (TPSA) is 62.9 Å². The van der Waals surface area contributed by atoms with Gasteiger partial charge in [0, 0.05) is 25.8 Å². The molecule has 1 fully saturated rings. The van der Waals surface area contributed by atoms with E-state index in [4.69, 9.17) is 9.15 Å². The van der Waals surface area contributed by atoms with Gasteiger partial charge in [-0.05, 0) is 24.8 Å². The summed E-state index contributed by atoms with van der Waals surface area (Å²) < 4.78 is 11.2. The van der Waals surface area contributed by atoms with Crippen molar-refractivity contribution >= 4 is 0 Å². The third-order valence-electron chi connectivity index (χ3n) is 4.28. The van der Waals surface area contributed by atoms with E-state index in [1.54, 1.807) is 0 Å². The van der Waals surface area contributed by atoms with Crippen LogP contribution in [0.15, 0.2) is 51.9 Å². The van der Waals surface area contributed by atoms with Gasteiger partial charge in [0.2, 0.25) is 5.43 Å². The van der Waals surface area contributed by atoms with Crippen LogP contribution in [0, 0.1) is 0 Å². The molecule has 128 valence electrons. The molecule has 0 saturated carbocycles. The van der Waals surface area contributed by atoms with Gasteiger partial charge in [-0.25, -0.2) is 0 Å². The number of hydrogen-bond acceptors (Lipinski definition) is 5. The molecule has 1 aliphatic rings. The summed E-state index contributed by atoms with van der Waals surface area (Å²) in [5, 5.41) is 9.21. The highest BCUT2D eigenvalue weighted by Crippen LogP contribution is 2.16. The van der Waals surface area contributed by atoms with E-state index < -0.39 is 5.43 Å². The summed E-state index contributed by atoms with van der Waals surface area (Å²) in [6.45, 7) is 3.10. The van der Waals surface area contributed by atoms with Crippen LogP contribution in [-0.2, 0) is 17.7 Å². The van der Waals surface area contributed by atoms with Crippen LogP contribution < -0.4 is 5.43 Å². The second kappa shape index (κ2) is 8.13. The van der Waals surface area contributed by atoms with Gasteiger partial charge in [-0.1, -0.05) is 30.3 Å². The summed E-state index contributed by atoms with van der Waals surface area (Å²) in [5.41, 5.74) is 0.945. The number of likely N-dealkylation sites (tertiary alicyclic amines) is 1. The van der Waals surface area contributed by atoms with Gasteiger partial charge in [-0.2, -0.15) is 0 Å². The Kier molecular flexibility index (Phi) is 5.67. The fourth-order valence-corrected chi connectivity index (χ4v) is 2.99. The van der Waals surface area contributed by atoms with Crippen molar-refractivity contribution in [2.75, 3.05) is 19.7 Å². The molecule has 0 aliphatic carbocycles. The van der Waals surface area contributed by atoms with Crippen molar-refractivity contribution in [2.45, 2.75) is 31.9 Å². The van der Waals surface area contributed by atoms with Gasteiger partial charge in [-0.3, -0.25) is 9.69 Å². The van der Waals surface area contributed by atoms with E-state index in [9.17, 15) is 9.90 Å². The Hall–Kier alpha value is -2.11. The summed E-state index contributed by atoms with van der Waals surface area (Å²) in [4.78, 5) is 13.6. The Bertz CT molecular complexity index is 698. The van der Waals surface area contributed by atoms with Crippen molar-refractivity contribution in [3.05, 3.63) is 64.2 Å². The first-order chi connectivity index (χ1) is 11.7. The molecule has 1 N–H and O–H groups in total. The van der Waals surface area contributed by atoms with E-state index in [1.807, 2.05) is 6.07 Å². The van der Waals surface area contributed by atoms with Crippen molar-refractivity contribution in [1.82, 2.24) is 4.90 Å². The average molecular weight is 329 g/mol. The second-order valence-corrected chi connectivity index (χ2v) is 6.20. The molecule has 1 unspecified atom stereocenters. The van der Waals surface area contributed by atoms with Crippen LogP contribution in [0.1, 0.15) is 24.2 Å². The van der Waals surface area contributed by atoms with E-state index in [0.29, 0.717) is 12.3 Å². The minimum Gasteiger partial charge on any atom is -0.502 e.